The van der Waals surface area contributed by atoms with Crippen LogP contribution >= 0.6 is 0 Å². The van der Waals surface area contributed by atoms with Gasteiger partial charge in [-0.05, 0) is 56.2 Å². The van der Waals surface area contributed by atoms with Crippen LogP contribution in [-0.2, 0) is 6.42 Å². The van der Waals surface area contributed by atoms with Gasteiger partial charge in [0.1, 0.15) is 5.82 Å². The van der Waals surface area contributed by atoms with Gasteiger partial charge in [-0.2, -0.15) is 5.26 Å². The zero-order valence-corrected chi connectivity index (χ0v) is 18.0. The zero-order chi connectivity index (χ0) is 22.5. The number of anilines is 2. The molecule has 0 radical (unpaired) electrons. The zero-order valence-electron chi connectivity index (χ0n) is 18.0. The lowest BCUT2D eigenvalue weighted by Crippen LogP contribution is -2.39. The second-order valence-corrected chi connectivity index (χ2v) is 7.92. The number of hydrogen-bond acceptors (Lipinski definition) is 7. The van der Waals surface area contributed by atoms with Gasteiger partial charge in [0.15, 0.2) is 0 Å². The number of benzene rings is 1. The molecule has 3 heterocycles. The molecule has 2 aromatic heterocycles. The summed E-state index contributed by atoms with van der Waals surface area (Å²) < 4.78 is 0. The number of nitrogens with zero attached hydrogens (tertiary/aromatic N) is 5. The predicted octanol–water partition coefficient (Wildman–Crippen LogP) is 2.82. The van der Waals surface area contributed by atoms with Crippen molar-refractivity contribution in [3.63, 3.8) is 0 Å². The molecule has 0 atom stereocenters. The van der Waals surface area contributed by atoms with Crippen molar-refractivity contribution in [1.82, 2.24) is 15.0 Å². The van der Waals surface area contributed by atoms with Crippen molar-refractivity contribution < 1.29 is 4.79 Å². The van der Waals surface area contributed by atoms with E-state index in [1.54, 1.807) is 12.4 Å². The van der Waals surface area contributed by atoms with Gasteiger partial charge in [0.05, 0.1) is 28.6 Å². The van der Waals surface area contributed by atoms with Crippen LogP contribution in [0.5, 0.6) is 0 Å². The van der Waals surface area contributed by atoms with Crippen molar-refractivity contribution in [3.8, 4) is 6.07 Å². The van der Waals surface area contributed by atoms with E-state index in [-0.39, 0.29) is 6.04 Å². The third-order valence-electron chi connectivity index (χ3n) is 5.64. The molecule has 0 aliphatic carbocycles. The Morgan fingerprint density at radius 3 is 2.59 bits per heavy atom. The Morgan fingerprint density at radius 1 is 1.19 bits per heavy atom. The summed E-state index contributed by atoms with van der Waals surface area (Å²) in [5.41, 5.74) is 10.2. The van der Waals surface area contributed by atoms with Crippen molar-refractivity contribution in [3.05, 3.63) is 77.1 Å². The average molecular weight is 428 g/mol. The Morgan fingerprint density at radius 2 is 1.94 bits per heavy atom. The Bertz CT molecular complexity index is 1150. The molecular formula is C24H25N7O. The van der Waals surface area contributed by atoms with Gasteiger partial charge in [-0.15, -0.1) is 0 Å². The van der Waals surface area contributed by atoms with E-state index in [0.717, 1.165) is 43.0 Å². The summed E-state index contributed by atoms with van der Waals surface area (Å²) in [6, 6.07) is 13.8. The van der Waals surface area contributed by atoms with Crippen molar-refractivity contribution in [2.45, 2.75) is 32.2 Å². The molecule has 1 saturated heterocycles. The van der Waals surface area contributed by atoms with Crippen LogP contribution in [-0.4, -0.2) is 40.0 Å². The number of piperidine rings is 1. The van der Waals surface area contributed by atoms with E-state index >= 15 is 0 Å². The van der Waals surface area contributed by atoms with Gasteiger partial charge >= 0.3 is 0 Å². The lowest BCUT2D eigenvalue weighted by Gasteiger charge is -2.34. The summed E-state index contributed by atoms with van der Waals surface area (Å²) in [5, 5.41) is 12.5. The van der Waals surface area contributed by atoms with Crippen LogP contribution in [0.2, 0.25) is 0 Å². The van der Waals surface area contributed by atoms with E-state index in [4.69, 9.17) is 11.0 Å². The molecular weight excluding hydrogens is 402 g/mol. The molecule has 1 aromatic carbocycles. The number of carbonyl (C=O) groups is 1. The number of carbonyl (C=O) groups excluding carboxylic acids is 1. The van der Waals surface area contributed by atoms with Crippen LogP contribution < -0.4 is 16.0 Å². The van der Waals surface area contributed by atoms with Crippen molar-refractivity contribution in [2.75, 3.05) is 23.3 Å². The third-order valence-corrected chi connectivity index (χ3v) is 5.64. The highest BCUT2D eigenvalue weighted by Crippen LogP contribution is 2.24. The number of nitrogens with two attached hydrogens (primary N) is 1. The van der Waals surface area contributed by atoms with Crippen LogP contribution in [0.3, 0.4) is 0 Å². The number of primary amides is 1. The minimum Gasteiger partial charge on any atom is -0.381 e. The van der Waals surface area contributed by atoms with E-state index in [1.165, 1.54) is 0 Å². The van der Waals surface area contributed by atoms with E-state index in [1.807, 2.05) is 43.3 Å². The molecule has 0 unspecified atom stereocenters. The highest BCUT2D eigenvalue weighted by atomic mass is 16.1. The van der Waals surface area contributed by atoms with Crippen LogP contribution in [0.25, 0.3) is 0 Å². The normalized spacial score (nSPS) is 14.1. The molecule has 32 heavy (non-hydrogen) atoms. The number of nitriles is 1. The molecule has 4 rings (SSSR count). The number of aryl methyl sites for hydroxylation is 1. The summed E-state index contributed by atoms with van der Waals surface area (Å²) in [6.45, 7) is 3.62. The largest absolute Gasteiger partial charge is 0.381 e. The third kappa shape index (κ3) is 5.01. The van der Waals surface area contributed by atoms with Gasteiger partial charge in [0.2, 0.25) is 0 Å². The molecule has 1 amide bonds. The van der Waals surface area contributed by atoms with Gasteiger partial charge in [-0.3, -0.25) is 9.78 Å². The SMILES string of the molecule is Cc1nccc(Cc2cc(NC3CCN(c4ccc(C#N)cc4)CC3)c(C(N)=O)cn2)n1. The fourth-order valence-electron chi connectivity index (χ4n) is 3.95. The maximum absolute atomic E-state index is 12.0. The topological polar surface area (TPSA) is 121 Å². The quantitative estimate of drug-likeness (QED) is 0.620. The molecule has 0 saturated carbocycles. The molecule has 8 heteroatoms. The van der Waals surface area contributed by atoms with Gasteiger partial charge in [-0.25, -0.2) is 9.97 Å². The Balaban J connectivity index is 1.44. The number of hydrogen-bond donors (Lipinski definition) is 2. The maximum Gasteiger partial charge on any atom is 0.252 e. The molecule has 1 aliphatic rings. The Hall–Kier alpha value is -3.99. The first-order valence-corrected chi connectivity index (χ1v) is 10.6. The lowest BCUT2D eigenvalue weighted by molar-refractivity contribution is 0.100. The number of amides is 1. The molecule has 1 aliphatic heterocycles. The Kier molecular flexibility index (Phi) is 6.26. The van der Waals surface area contributed by atoms with Gasteiger partial charge < -0.3 is 16.0 Å². The highest BCUT2D eigenvalue weighted by Gasteiger charge is 2.21. The standard InChI is InChI=1S/C24H25N7O/c1-16-27-9-6-19(29-16)12-20-13-23(22(15-28-20)24(26)32)30-18-7-10-31(11-8-18)21-4-2-17(14-25)3-5-21/h2-6,9,13,15,18H,7-8,10-12H2,1H3,(H2,26,32)(H,28,30). The van der Waals surface area contributed by atoms with Crippen LogP contribution in [0, 0.1) is 18.3 Å². The second-order valence-electron chi connectivity index (χ2n) is 7.92. The van der Waals surface area contributed by atoms with E-state index < -0.39 is 5.91 Å². The fourth-order valence-corrected chi connectivity index (χ4v) is 3.95. The number of pyridine rings is 1. The molecule has 0 bridgehead atoms. The first kappa shape index (κ1) is 21.2. The van der Waals surface area contributed by atoms with E-state index in [0.29, 0.717) is 29.1 Å². The first-order valence-electron chi connectivity index (χ1n) is 10.6. The molecule has 0 spiro atoms. The summed E-state index contributed by atoms with van der Waals surface area (Å²) in [5.74, 6) is 0.211. The molecule has 8 nitrogen and oxygen atoms in total. The molecule has 3 aromatic rings. The second kappa shape index (κ2) is 9.43. The van der Waals surface area contributed by atoms with Crippen LogP contribution in [0.1, 0.15) is 46.0 Å². The molecule has 1 fully saturated rings. The van der Waals surface area contributed by atoms with E-state index in [2.05, 4.69) is 31.2 Å². The van der Waals surface area contributed by atoms with Crippen LogP contribution in [0.15, 0.2) is 48.8 Å². The number of rotatable bonds is 6. The minimum atomic E-state index is -0.501. The van der Waals surface area contributed by atoms with Gasteiger partial charge in [0, 0.05) is 49.3 Å². The van der Waals surface area contributed by atoms with E-state index in [9.17, 15) is 4.79 Å². The fraction of sp³-hybridized carbons (Fsp3) is 0.292. The van der Waals surface area contributed by atoms with Gasteiger partial charge in [-0.1, -0.05) is 0 Å². The van der Waals surface area contributed by atoms with Gasteiger partial charge in [0.25, 0.3) is 5.91 Å². The number of nitrogens with one attached hydrogen (secondary N) is 1. The maximum atomic E-state index is 12.0. The van der Waals surface area contributed by atoms with Crippen LogP contribution in [0.4, 0.5) is 11.4 Å². The molecule has 162 valence electrons. The monoisotopic (exact) mass is 427 g/mol. The molecule has 3 N–H and O–H groups in total. The Labute approximate surface area is 187 Å². The predicted molar refractivity (Wildman–Crippen MR) is 122 cm³/mol. The number of aromatic nitrogens is 3. The average Bonchev–Trinajstić information content (AvgIpc) is 2.80. The summed E-state index contributed by atoms with van der Waals surface area (Å²) in [7, 11) is 0. The summed E-state index contributed by atoms with van der Waals surface area (Å²) in [4.78, 5) is 27.2. The smallest absolute Gasteiger partial charge is 0.252 e. The lowest BCUT2D eigenvalue weighted by atomic mass is 10.0. The van der Waals surface area contributed by atoms with Crippen molar-refractivity contribution in [1.29, 1.82) is 5.26 Å². The minimum absolute atomic E-state index is 0.222. The van der Waals surface area contributed by atoms with Crippen molar-refractivity contribution in [2.24, 2.45) is 5.73 Å². The highest BCUT2D eigenvalue weighted by molar-refractivity contribution is 5.98. The summed E-state index contributed by atoms with van der Waals surface area (Å²) >= 11 is 0. The van der Waals surface area contributed by atoms with Crippen molar-refractivity contribution >= 4 is 17.3 Å². The summed E-state index contributed by atoms with van der Waals surface area (Å²) in [6.07, 6.45) is 5.66. The first-order chi connectivity index (χ1) is 15.5.